The van der Waals surface area contributed by atoms with Crippen LogP contribution in [0.1, 0.15) is 49.9 Å². The SMILES string of the molecule is CCCOC(=O)C1=C(C)Nc2nc(SCc3ccccc3Cl)nn2C1c1cc(Br)c(OCc2ccccc2)c(OCC)c1. The molecule has 1 aromatic heterocycles. The predicted molar refractivity (Wildman–Crippen MR) is 173 cm³/mol. The second-order valence-corrected chi connectivity index (χ2v) is 12.0. The third kappa shape index (κ3) is 7.20. The van der Waals surface area contributed by atoms with Gasteiger partial charge in [-0.2, -0.15) is 4.98 Å². The van der Waals surface area contributed by atoms with Gasteiger partial charge in [0, 0.05) is 16.5 Å². The average molecular weight is 684 g/mol. The number of benzene rings is 3. The van der Waals surface area contributed by atoms with E-state index in [1.807, 2.05) is 87.5 Å². The van der Waals surface area contributed by atoms with Gasteiger partial charge in [-0.05, 0) is 71.1 Å². The molecule has 0 saturated carbocycles. The van der Waals surface area contributed by atoms with Gasteiger partial charge in [0.25, 0.3) is 0 Å². The minimum atomic E-state index is -0.624. The molecule has 5 rings (SSSR count). The van der Waals surface area contributed by atoms with Gasteiger partial charge in [0.15, 0.2) is 11.5 Å². The van der Waals surface area contributed by atoms with Crippen molar-refractivity contribution in [2.45, 2.75) is 50.8 Å². The maximum Gasteiger partial charge on any atom is 0.338 e. The molecule has 1 aliphatic heterocycles. The lowest BCUT2D eigenvalue weighted by Crippen LogP contribution is -2.30. The number of rotatable bonds is 12. The second-order valence-electron chi connectivity index (χ2n) is 9.78. The molecule has 43 heavy (non-hydrogen) atoms. The number of nitrogens with one attached hydrogen (secondary N) is 1. The Balaban J connectivity index is 1.53. The molecule has 3 aromatic carbocycles. The minimum Gasteiger partial charge on any atom is -0.490 e. The number of aromatic nitrogens is 3. The molecular weight excluding hydrogens is 652 g/mol. The van der Waals surface area contributed by atoms with Crippen LogP contribution in [0.4, 0.5) is 5.95 Å². The summed E-state index contributed by atoms with van der Waals surface area (Å²) < 4.78 is 20.3. The predicted octanol–water partition coefficient (Wildman–Crippen LogP) is 8.21. The van der Waals surface area contributed by atoms with E-state index in [-0.39, 0.29) is 0 Å². The molecule has 4 aromatic rings. The van der Waals surface area contributed by atoms with E-state index >= 15 is 0 Å². The van der Waals surface area contributed by atoms with Gasteiger partial charge in [0.2, 0.25) is 11.1 Å². The number of ether oxygens (including phenoxy) is 3. The summed E-state index contributed by atoms with van der Waals surface area (Å²) in [6.07, 6.45) is 0.709. The summed E-state index contributed by atoms with van der Waals surface area (Å²) >= 11 is 11.6. The summed E-state index contributed by atoms with van der Waals surface area (Å²) in [4.78, 5) is 18.2. The molecule has 0 bridgehead atoms. The number of esters is 1. The number of hydrogen-bond acceptors (Lipinski definition) is 8. The van der Waals surface area contributed by atoms with E-state index in [9.17, 15) is 4.79 Å². The van der Waals surface area contributed by atoms with Crippen molar-refractivity contribution in [1.29, 1.82) is 0 Å². The van der Waals surface area contributed by atoms with Gasteiger partial charge in [-0.1, -0.05) is 78.8 Å². The topological polar surface area (TPSA) is 87.5 Å². The van der Waals surface area contributed by atoms with E-state index in [0.717, 1.165) is 16.7 Å². The maximum atomic E-state index is 13.5. The van der Waals surface area contributed by atoms with E-state index in [1.165, 1.54) is 11.8 Å². The Kier molecular flexibility index (Phi) is 10.3. The second kappa shape index (κ2) is 14.3. The number of allylic oxidation sites excluding steroid dienone is 1. The summed E-state index contributed by atoms with van der Waals surface area (Å²) in [5.41, 5.74) is 3.88. The summed E-state index contributed by atoms with van der Waals surface area (Å²) in [5.74, 6) is 1.83. The number of hydrogen-bond donors (Lipinski definition) is 1. The highest BCUT2D eigenvalue weighted by molar-refractivity contribution is 9.10. The van der Waals surface area contributed by atoms with Gasteiger partial charge >= 0.3 is 5.97 Å². The van der Waals surface area contributed by atoms with Crippen LogP contribution in [-0.4, -0.2) is 33.9 Å². The van der Waals surface area contributed by atoms with E-state index in [2.05, 4.69) is 21.2 Å². The number of fused-ring (bicyclic) bond motifs is 1. The molecule has 2 heterocycles. The van der Waals surface area contributed by atoms with Gasteiger partial charge in [0.05, 0.1) is 23.3 Å². The van der Waals surface area contributed by atoms with Crippen molar-refractivity contribution in [3.63, 3.8) is 0 Å². The van der Waals surface area contributed by atoms with Crippen LogP contribution in [-0.2, 0) is 21.9 Å². The number of halogens is 2. The molecule has 0 radical (unpaired) electrons. The normalized spacial score (nSPS) is 14.2. The minimum absolute atomic E-state index is 0.311. The van der Waals surface area contributed by atoms with Crippen LogP contribution in [0.5, 0.6) is 11.5 Å². The van der Waals surface area contributed by atoms with E-state index in [0.29, 0.717) is 75.4 Å². The highest BCUT2D eigenvalue weighted by Gasteiger charge is 2.36. The van der Waals surface area contributed by atoms with Crippen molar-refractivity contribution in [2.24, 2.45) is 0 Å². The fourth-order valence-corrected chi connectivity index (χ4v) is 6.36. The largest absolute Gasteiger partial charge is 0.490 e. The maximum absolute atomic E-state index is 13.5. The monoisotopic (exact) mass is 682 g/mol. The summed E-state index contributed by atoms with van der Waals surface area (Å²) in [6, 6.07) is 20.8. The number of anilines is 1. The van der Waals surface area contributed by atoms with Crippen molar-refractivity contribution in [1.82, 2.24) is 14.8 Å². The molecule has 0 spiro atoms. The van der Waals surface area contributed by atoms with Crippen LogP contribution in [0.3, 0.4) is 0 Å². The van der Waals surface area contributed by atoms with Crippen molar-refractivity contribution in [3.8, 4) is 11.5 Å². The Morgan fingerprint density at radius 1 is 1.09 bits per heavy atom. The number of carbonyl (C=O) groups is 1. The number of nitrogens with zero attached hydrogens (tertiary/aromatic N) is 3. The molecule has 224 valence electrons. The van der Waals surface area contributed by atoms with Crippen LogP contribution in [0, 0.1) is 0 Å². The molecule has 0 fully saturated rings. The lowest BCUT2D eigenvalue weighted by Gasteiger charge is -2.29. The van der Waals surface area contributed by atoms with Crippen molar-refractivity contribution in [3.05, 3.63) is 104 Å². The van der Waals surface area contributed by atoms with Crippen LogP contribution < -0.4 is 14.8 Å². The first kappa shape index (κ1) is 31.0. The smallest absolute Gasteiger partial charge is 0.338 e. The average Bonchev–Trinajstić information content (AvgIpc) is 3.41. The first-order valence-corrected chi connectivity index (χ1v) is 16.2. The quantitative estimate of drug-likeness (QED) is 0.118. The summed E-state index contributed by atoms with van der Waals surface area (Å²) in [6.45, 7) is 6.84. The molecule has 8 nitrogen and oxygen atoms in total. The third-order valence-electron chi connectivity index (χ3n) is 6.68. The zero-order valence-electron chi connectivity index (χ0n) is 24.1. The van der Waals surface area contributed by atoms with Crippen molar-refractivity contribution in [2.75, 3.05) is 18.5 Å². The number of thioether (sulfide) groups is 1. The summed E-state index contributed by atoms with van der Waals surface area (Å²) in [5, 5.41) is 9.34. The molecule has 0 saturated heterocycles. The lowest BCUT2D eigenvalue weighted by atomic mass is 9.95. The van der Waals surface area contributed by atoms with Crippen LogP contribution in [0.2, 0.25) is 5.02 Å². The van der Waals surface area contributed by atoms with Crippen LogP contribution in [0.25, 0.3) is 0 Å². The molecule has 1 N–H and O–H groups in total. The van der Waals surface area contributed by atoms with Gasteiger partial charge in [0.1, 0.15) is 12.6 Å². The fraction of sp³-hybridized carbons (Fsp3) is 0.281. The van der Waals surface area contributed by atoms with E-state index < -0.39 is 12.0 Å². The summed E-state index contributed by atoms with van der Waals surface area (Å²) in [7, 11) is 0. The van der Waals surface area contributed by atoms with Gasteiger partial charge in [-0.3, -0.25) is 0 Å². The fourth-order valence-electron chi connectivity index (χ4n) is 4.67. The molecule has 0 amide bonds. The van der Waals surface area contributed by atoms with Crippen LogP contribution >= 0.6 is 39.3 Å². The Bertz CT molecular complexity index is 1630. The van der Waals surface area contributed by atoms with Gasteiger partial charge < -0.3 is 19.5 Å². The molecular formula is C32H32BrClN4O4S. The van der Waals surface area contributed by atoms with E-state index in [1.54, 1.807) is 4.68 Å². The molecule has 0 aliphatic carbocycles. The third-order valence-corrected chi connectivity index (χ3v) is 8.52. The zero-order chi connectivity index (χ0) is 30.3. The Morgan fingerprint density at radius 3 is 2.60 bits per heavy atom. The Morgan fingerprint density at radius 2 is 1.86 bits per heavy atom. The first-order valence-electron chi connectivity index (χ1n) is 14.0. The Hall–Kier alpha value is -3.47. The molecule has 1 unspecified atom stereocenters. The molecule has 11 heteroatoms. The van der Waals surface area contributed by atoms with Crippen molar-refractivity contribution >= 4 is 51.2 Å². The lowest BCUT2D eigenvalue weighted by molar-refractivity contribution is -0.139. The van der Waals surface area contributed by atoms with Gasteiger partial charge in [-0.15, -0.1) is 5.10 Å². The standard InChI is InChI=1S/C32H32BrClN4O4S/c1-4-15-41-30(39)27-20(3)35-31-36-32(43-19-22-13-9-10-14-25(22)34)37-38(31)28(27)23-16-24(33)29(26(17-23)40-5-2)42-18-21-11-7-6-8-12-21/h6-14,16-17,28H,4-5,15,18-19H2,1-3H3,(H,35,36,37). The molecule has 1 atom stereocenters. The first-order chi connectivity index (χ1) is 20.9. The van der Waals surface area contributed by atoms with E-state index in [4.69, 9.17) is 35.9 Å². The molecule has 1 aliphatic rings. The Labute approximate surface area is 268 Å². The highest BCUT2D eigenvalue weighted by atomic mass is 79.9. The number of carbonyl (C=O) groups excluding carboxylic acids is 1. The van der Waals surface area contributed by atoms with Crippen LogP contribution in [0.15, 0.2) is 87.6 Å². The van der Waals surface area contributed by atoms with Gasteiger partial charge in [-0.25, -0.2) is 9.48 Å². The zero-order valence-corrected chi connectivity index (χ0v) is 27.3. The highest BCUT2D eigenvalue weighted by Crippen LogP contribution is 2.44. The van der Waals surface area contributed by atoms with Crippen molar-refractivity contribution < 1.29 is 19.0 Å².